The zero-order valence-corrected chi connectivity index (χ0v) is 7.87. The minimum atomic E-state index is -0.834. The quantitative estimate of drug-likeness (QED) is 0.655. The molecule has 2 heteroatoms. The zero-order chi connectivity index (χ0) is 9.72. The van der Waals surface area contributed by atoms with Crippen molar-refractivity contribution in [3.05, 3.63) is 24.3 Å². The monoisotopic (exact) mass is 168 g/mol. The van der Waals surface area contributed by atoms with E-state index < -0.39 is 11.9 Å². The van der Waals surface area contributed by atoms with Gasteiger partial charge in [0.1, 0.15) is 0 Å². The second-order valence-corrected chi connectivity index (χ2v) is 3.29. The first kappa shape index (κ1) is 11.0. The van der Waals surface area contributed by atoms with E-state index in [9.17, 15) is 4.79 Å². The summed E-state index contributed by atoms with van der Waals surface area (Å²) in [5.41, 5.74) is 0.666. The Bertz CT molecular complexity index is 188. The summed E-state index contributed by atoms with van der Waals surface area (Å²) in [5, 5.41) is 8.74. The van der Waals surface area contributed by atoms with Crippen LogP contribution in [-0.2, 0) is 4.79 Å². The number of aliphatic carboxylic acids is 1. The molecule has 0 amide bonds. The summed E-state index contributed by atoms with van der Waals surface area (Å²) in [4.78, 5) is 10.6. The fourth-order valence-electron chi connectivity index (χ4n) is 0.791. The van der Waals surface area contributed by atoms with Crippen molar-refractivity contribution >= 4 is 5.97 Å². The Balaban J connectivity index is 4.34. The molecule has 0 aromatic carbocycles. The first-order valence-corrected chi connectivity index (χ1v) is 4.01. The molecular weight excluding hydrogens is 152 g/mol. The maximum absolute atomic E-state index is 10.6. The van der Waals surface area contributed by atoms with E-state index in [0.717, 1.165) is 0 Å². The normalized spacial score (nSPS) is 13.7. The van der Waals surface area contributed by atoms with Crippen molar-refractivity contribution in [1.29, 1.82) is 0 Å². The van der Waals surface area contributed by atoms with Crippen LogP contribution in [0.15, 0.2) is 24.3 Å². The van der Waals surface area contributed by atoms with Crippen molar-refractivity contribution in [2.24, 2.45) is 11.8 Å². The van der Waals surface area contributed by atoms with Gasteiger partial charge in [-0.15, -0.1) is 0 Å². The van der Waals surface area contributed by atoms with Crippen molar-refractivity contribution in [1.82, 2.24) is 0 Å². The highest BCUT2D eigenvalue weighted by Crippen LogP contribution is 2.11. The molecule has 1 unspecified atom stereocenters. The summed E-state index contributed by atoms with van der Waals surface area (Å²) in [7, 11) is 0. The minimum absolute atomic E-state index is 0.381. The van der Waals surface area contributed by atoms with Crippen LogP contribution in [0.3, 0.4) is 0 Å². The molecule has 0 aliphatic rings. The Morgan fingerprint density at radius 2 is 1.92 bits per heavy atom. The second kappa shape index (κ2) is 4.75. The van der Waals surface area contributed by atoms with E-state index in [1.54, 1.807) is 13.0 Å². The lowest BCUT2D eigenvalue weighted by Gasteiger charge is -2.06. The predicted octanol–water partition coefficient (Wildman–Crippen LogP) is 2.48. The van der Waals surface area contributed by atoms with Gasteiger partial charge in [-0.2, -0.15) is 0 Å². The lowest BCUT2D eigenvalue weighted by atomic mass is 10.0. The zero-order valence-electron chi connectivity index (χ0n) is 7.87. The van der Waals surface area contributed by atoms with Crippen molar-refractivity contribution in [2.45, 2.75) is 20.8 Å². The third-order valence-corrected chi connectivity index (χ3v) is 1.49. The molecule has 0 aliphatic heterocycles. The van der Waals surface area contributed by atoms with Gasteiger partial charge in [-0.3, -0.25) is 4.79 Å². The molecule has 0 radical (unpaired) electrons. The van der Waals surface area contributed by atoms with E-state index in [1.807, 2.05) is 19.9 Å². The summed E-state index contributed by atoms with van der Waals surface area (Å²) in [6.07, 6.45) is 3.57. The number of hydrogen-bond donors (Lipinski definition) is 1. The van der Waals surface area contributed by atoms with Crippen molar-refractivity contribution in [2.75, 3.05) is 0 Å². The fraction of sp³-hybridized carbons (Fsp3) is 0.500. The Morgan fingerprint density at radius 3 is 2.17 bits per heavy atom. The van der Waals surface area contributed by atoms with E-state index in [2.05, 4.69) is 6.58 Å². The summed E-state index contributed by atoms with van der Waals surface area (Å²) in [6.45, 7) is 9.36. The number of carboxylic acid groups (broad SMARTS) is 1. The lowest BCUT2D eigenvalue weighted by Crippen LogP contribution is -2.11. The number of carboxylic acids is 1. The van der Waals surface area contributed by atoms with Crippen LogP contribution in [0.4, 0.5) is 0 Å². The summed E-state index contributed by atoms with van der Waals surface area (Å²) in [5.74, 6) is -0.988. The molecule has 0 saturated heterocycles. The van der Waals surface area contributed by atoms with E-state index in [-0.39, 0.29) is 0 Å². The van der Waals surface area contributed by atoms with Crippen LogP contribution < -0.4 is 0 Å². The van der Waals surface area contributed by atoms with Crippen LogP contribution in [0.2, 0.25) is 0 Å². The maximum atomic E-state index is 10.6. The molecule has 12 heavy (non-hydrogen) atoms. The van der Waals surface area contributed by atoms with Crippen molar-refractivity contribution in [3.63, 3.8) is 0 Å². The second-order valence-electron chi connectivity index (χ2n) is 3.29. The minimum Gasteiger partial charge on any atom is -0.481 e. The molecule has 0 spiro atoms. The van der Waals surface area contributed by atoms with E-state index in [4.69, 9.17) is 5.11 Å². The first-order valence-electron chi connectivity index (χ1n) is 4.01. The van der Waals surface area contributed by atoms with Crippen LogP contribution in [0, 0.1) is 11.8 Å². The molecule has 1 atom stereocenters. The maximum Gasteiger partial charge on any atom is 0.314 e. The highest BCUT2D eigenvalue weighted by Gasteiger charge is 2.13. The van der Waals surface area contributed by atoms with Gasteiger partial charge in [0.25, 0.3) is 0 Å². The number of carbonyl (C=O) groups is 1. The van der Waals surface area contributed by atoms with Crippen molar-refractivity contribution in [3.8, 4) is 0 Å². The van der Waals surface area contributed by atoms with Crippen LogP contribution in [0.5, 0.6) is 0 Å². The lowest BCUT2D eigenvalue weighted by molar-refractivity contribution is -0.138. The Labute approximate surface area is 73.6 Å². The SMILES string of the molecule is C=C(C)C(/C=C\C(C)C)C(=O)O. The molecule has 0 saturated carbocycles. The van der Waals surface area contributed by atoms with Gasteiger partial charge < -0.3 is 5.11 Å². The van der Waals surface area contributed by atoms with Crippen LogP contribution in [-0.4, -0.2) is 11.1 Å². The van der Waals surface area contributed by atoms with Crippen molar-refractivity contribution < 1.29 is 9.90 Å². The summed E-state index contributed by atoms with van der Waals surface area (Å²) in [6, 6.07) is 0. The molecule has 0 aliphatic carbocycles. The fourth-order valence-corrected chi connectivity index (χ4v) is 0.791. The van der Waals surface area contributed by atoms with Gasteiger partial charge in [-0.05, 0) is 12.8 Å². The predicted molar refractivity (Wildman–Crippen MR) is 49.9 cm³/mol. The number of hydrogen-bond acceptors (Lipinski definition) is 1. The number of allylic oxidation sites excluding steroid dienone is 1. The van der Waals surface area contributed by atoms with Gasteiger partial charge in [-0.25, -0.2) is 0 Å². The number of rotatable bonds is 4. The Morgan fingerprint density at radius 1 is 1.42 bits per heavy atom. The van der Waals surface area contributed by atoms with Gasteiger partial charge in [0, 0.05) is 0 Å². The molecule has 2 nitrogen and oxygen atoms in total. The van der Waals surface area contributed by atoms with Gasteiger partial charge in [-0.1, -0.05) is 38.2 Å². The molecule has 0 heterocycles. The van der Waals surface area contributed by atoms with Crippen LogP contribution in [0.25, 0.3) is 0 Å². The summed E-state index contributed by atoms with van der Waals surface area (Å²) >= 11 is 0. The van der Waals surface area contributed by atoms with Crippen LogP contribution >= 0.6 is 0 Å². The molecular formula is C10H16O2. The standard InChI is InChI=1S/C10H16O2/c1-7(2)5-6-9(8(3)4)10(11)12/h5-7,9H,3H2,1-2,4H3,(H,11,12)/b6-5-. The average molecular weight is 168 g/mol. The van der Waals surface area contributed by atoms with E-state index >= 15 is 0 Å². The smallest absolute Gasteiger partial charge is 0.314 e. The third kappa shape index (κ3) is 3.96. The Kier molecular flexibility index (Phi) is 4.34. The van der Waals surface area contributed by atoms with Gasteiger partial charge >= 0.3 is 5.97 Å². The third-order valence-electron chi connectivity index (χ3n) is 1.49. The molecule has 0 aromatic heterocycles. The molecule has 0 rings (SSSR count). The van der Waals surface area contributed by atoms with Gasteiger partial charge in [0.15, 0.2) is 0 Å². The molecule has 68 valence electrons. The molecule has 0 fully saturated rings. The molecule has 0 bridgehead atoms. The summed E-state index contributed by atoms with van der Waals surface area (Å²) < 4.78 is 0. The van der Waals surface area contributed by atoms with E-state index in [1.165, 1.54) is 0 Å². The molecule has 1 N–H and O–H groups in total. The highest BCUT2D eigenvalue weighted by molar-refractivity contribution is 5.75. The van der Waals surface area contributed by atoms with E-state index in [0.29, 0.717) is 11.5 Å². The average Bonchev–Trinajstić information content (AvgIpc) is 1.84. The Hall–Kier alpha value is -1.05. The topological polar surface area (TPSA) is 37.3 Å². The first-order chi connectivity index (χ1) is 5.45. The molecule has 0 aromatic rings. The van der Waals surface area contributed by atoms with Gasteiger partial charge in [0.2, 0.25) is 0 Å². The van der Waals surface area contributed by atoms with Crippen LogP contribution in [0.1, 0.15) is 20.8 Å². The van der Waals surface area contributed by atoms with Gasteiger partial charge in [0.05, 0.1) is 5.92 Å². The largest absolute Gasteiger partial charge is 0.481 e. The highest BCUT2D eigenvalue weighted by atomic mass is 16.4.